The molecule has 160 valence electrons. The highest BCUT2D eigenvalue weighted by Gasteiger charge is 2.29. The summed E-state index contributed by atoms with van der Waals surface area (Å²) in [7, 11) is 0. The summed E-state index contributed by atoms with van der Waals surface area (Å²) in [5.41, 5.74) is 1.03. The summed E-state index contributed by atoms with van der Waals surface area (Å²) in [5, 5.41) is 0. The molecule has 1 aliphatic heterocycles. The van der Waals surface area contributed by atoms with Crippen molar-refractivity contribution >= 4 is 17.8 Å². The van der Waals surface area contributed by atoms with Crippen LogP contribution in [-0.2, 0) is 14.3 Å². The van der Waals surface area contributed by atoms with Crippen LogP contribution in [0.5, 0.6) is 0 Å². The summed E-state index contributed by atoms with van der Waals surface area (Å²) < 4.78 is 5.10. The molecule has 1 aromatic rings. The molecule has 0 aromatic carbocycles. The number of esters is 1. The largest absolute Gasteiger partial charge is 0.466 e. The number of piperidine rings is 1. The molecule has 2 heterocycles. The van der Waals surface area contributed by atoms with E-state index in [1.54, 1.807) is 22.9 Å². The lowest BCUT2D eigenvalue weighted by molar-refractivity contribution is -0.151. The number of likely N-dealkylation sites (tertiary alicyclic amines) is 1. The van der Waals surface area contributed by atoms with Crippen LogP contribution >= 0.6 is 0 Å². The van der Waals surface area contributed by atoms with Gasteiger partial charge in [-0.2, -0.15) is 0 Å². The minimum atomic E-state index is -0.260. The van der Waals surface area contributed by atoms with Gasteiger partial charge in [0.25, 0.3) is 5.91 Å². The van der Waals surface area contributed by atoms with Gasteiger partial charge < -0.3 is 14.5 Å². The fraction of sp³-hybridized carbons (Fsp3) is 0.667. The number of ether oxygens (including phenoxy) is 1. The lowest BCUT2D eigenvalue weighted by Crippen LogP contribution is -2.44. The molecule has 0 saturated carbocycles. The summed E-state index contributed by atoms with van der Waals surface area (Å²) in [5.74, 6) is -0.503. The van der Waals surface area contributed by atoms with Crippen LogP contribution < -0.4 is 0 Å². The van der Waals surface area contributed by atoms with E-state index in [-0.39, 0.29) is 41.7 Å². The molecule has 1 aliphatic rings. The fourth-order valence-corrected chi connectivity index (χ4v) is 3.43. The Morgan fingerprint density at radius 3 is 2.66 bits per heavy atom. The van der Waals surface area contributed by atoms with E-state index < -0.39 is 0 Å². The van der Waals surface area contributed by atoms with Gasteiger partial charge in [-0.1, -0.05) is 13.8 Å². The van der Waals surface area contributed by atoms with E-state index in [0.29, 0.717) is 32.8 Å². The average Bonchev–Trinajstić information content (AvgIpc) is 2.71. The number of hydrogen-bond donors (Lipinski definition) is 0. The molecule has 1 aromatic heterocycles. The maximum Gasteiger partial charge on any atom is 0.310 e. The van der Waals surface area contributed by atoms with Crippen LogP contribution in [0.4, 0.5) is 0 Å². The molecule has 8 nitrogen and oxygen atoms in total. The van der Waals surface area contributed by atoms with Crippen molar-refractivity contribution in [2.75, 3.05) is 32.8 Å². The third-order valence-electron chi connectivity index (χ3n) is 4.86. The molecular weight excluding hydrogens is 372 g/mol. The van der Waals surface area contributed by atoms with Gasteiger partial charge in [-0.25, -0.2) is 4.98 Å². The Morgan fingerprint density at radius 1 is 1.28 bits per heavy atom. The Bertz CT molecular complexity index is 705. The minimum Gasteiger partial charge on any atom is -0.466 e. The van der Waals surface area contributed by atoms with E-state index in [4.69, 9.17) is 4.74 Å². The van der Waals surface area contributed by atoms with E-state index in [1.165, 1.54) is 6.20 Å². The number of carbonyl (C=O) groups is 3. The Labute approximate surface area is 172 Å². The molecule has 29 heavy (non-hydrogen) atoms. The van der Waals surface area contributed by atoms with Gasteiger partial charge in [0.2, 0.25) is 5.91 Å². The highest BCUT2D eigenvalue weighted by atomic mass is 16.5. The second kappa shape index (κ2) is 10.9. The van der Waals surface area contributed by atoms with Crippen molar-refractivity contribution in [1.29, 1.82) is 0 Å². The van der Waals surface area contributed by atoms with Crippen molar-refractivity contribution < 1.29 is 19.1 Å². The van der Waals surface area contributed by atoms with E-state index >= 15 is 0 Å². The third-order valence-corrected chi connectivity index (χ3v) is 4.86. The number of rotatable bonds is 8. The van der Waals surface area contributed by atoms with Crippen LogP contribution in [0.3, 0.4) is 0 Å². The van der Waals surface area contributed by atoms with Gasteiger partial charge in [0, 0.05) is 38.8 Å². The van der Waals surface area contributed by atoms with Gasteiger partial charge in [-0.3, -0.25) is 19.4 Å². The molecular formula is C21H32N4O4. The zero-order valence-corrected chi connectivity index (χ0v) is 17.9. The highest BCUT2D eigenvalue weighted by molar-refractivity contribution is 5.92. The van der Waals surface area contributed by atoms with Gasteiger partial charge in [0.15, 0.2) is 0 Å². The smallest absolute Gasteiger partial charge is 0.310 e. The van der Waals surface area contributed by atoms with E-state index in [2.05, 4.69) is 9.97 Å². The topological polar surface area (TPSA) is 92.7 Å². The fourth-order valence-electron chi connectivity index (χ4n) is 3.43. The van der Waals surface area contributed by atoms with Crippen LogP contribution in [0.2, 0.25) is 0 Å². The summed E-state index contributed by atoms with van der Waals surface area (Å²) in [6, 6.07) is 0. The first kappa shape index (κ1) is 22.8. The average molecular weight is 405 g/mol. The van der Waals surface area contributed by atoms with E-state index in [0.717, 1.165) is 18.5 Å². The predicted octanol–water partition coefficient (Wildman–Crippen LogP) is 2.08. The third kappa shape index (κ3) is 6.80. The van der Waals surface area contributed by atoms with E-state index in [1.807, 2.05) is 20.8 Å². The van der Waals surface area contributed by atoms with Crippen molar-refractivity contribution in [2.24, 2.45) is 11.8 Å². The standard InChI is InChI=1S/C21H32N4O4/c1-5-29-21(28)17-7-6-9-24(14-17)19(26)8-10-25(13-15(2)3)20(27)18-12-22-16(4)11-23-18/h11-12,15,17H,5-10,13-14H2,1-4H3/t17-/m1/s1. The second-order valence-corrected chi connectivity index (χ2v) is 7.87. The van der Waals surface area contributed by atoms with Crippen LogP contribution in [-0.4, -0.2) is 70.3 Å². The highest BCUT2D eigenvalue weighted by Crippen LogP contribution is 2.19. The molecule has 0 N–H and O–H groups in total. The number of nitrogens with zero attached hydrogens (tertiary/aromatic N) is 4. The van der Waals surface area contributed by atoms with Gasteiger partial charge in [-0.15, -0.1) is 0 Å². The number of aryl methyl sites for hydroxylation is 1. The van der Waals surface area contributed by atoms with Gasteiger partial charge >= 0.3 is 5.97 Å². The number of carbonyl (C=O) groups excluding carboxylic acids is 3. The minimum absolute atomic E-state index is 0.0458. The molecule has 0 aliphatic carbocycles. The molecule has 0 unspecified atom stereocenters. The van der Waals surface area contributed by atoms with Crippen molar-refractivity contribution in [2.45, 2.75) is 47.0 Å². The van der Waals surface area contributed by atoms with Crippen molar-refractivity contribution in [1.82, 2.24) is 19.8 Å². The molecule has 0 bridgehead atoms. The summed E-state index contributed by atoms with van der Waals surface area (Å²) in [6.07, 6.45) is 4.78. The van der Waals surface area contributed by atoms with Crippen LogP contribution in [0.1, 0.15) is 56.2 Å². The maximum atomic E-state index is 12.8. The first-order chi connectivity index (χ1) is 13.8. The number of amides is 2. The molecule has 1 fully saturated rings. The Balaban J connectivity index is 1.97. The van der Waals surface area contributed by atoms with Crippen LogP contribution in [0.15, 0.2) is 12.4 Å². The van der Waals surface area contributed by atoms with Gasteiger partial charge in [-0.05, 0) is 32.6 Å². The maximum absolute atomic E-state index is 12.8. The summed E-state index contributed by atoms with van der Waals surface area (Å²) in [4.78, 5) is 49.2. The second-order valence-electron chi connectivity index (χ2n) is 7.87. The normalized spacial score (nSPS) is 16.6. The number of aromatic nitrogens is 2. The molecule has 1 saturated heterocycles. The first-order valence-electron chi connectivity index (χ1n) is 10.3. The lowest BCUT2D eigenvalue weighted by atomic mass is 9.98. The Hall–Kier alpha value is -2.51. The quantitative estimate of drug-likeness (QED) is 0.616. The Morgan fingerprint density at radius 2 is 2.03 bits per heavy atom. The van der Waals surface area contributed by atoms with Crippen LogP contribution in [0, 0.1) is 18.8 Å². The summed E-state index contributed by atoms with van der Waals surface area (Å²) >= 11 is 0. The predicted molar refractivity (Wildman–Crippen MR) is 108 cm³/mol. The van der Waals surface area contributed by atoms with Crippen LogP contribution in [0.25, 0.3) is 0 Å². The van der Waals surface area contributed by atoms with E-state index in [9.17, 15) is 14.4 Å². The monoisotopic (exact) mass is 404 g/mol. The molecule has 8 heteroatoms. The van der Waals surface area contributed by atoms with Crippen molar-refractivity contribution in [3.63, 3.8) is 0 Å². The van der Waals surface area contributed by atoms with Crippen molar-refractivity contribution in [3.05, 3.63) is 23.8 Å². The molecule has 0 spiro atoms. The van der Waals surface area contributed by atoms with Gasteiger partial charge in [0.05, 0.1) is 24.4 Å². The molecule has 2 rings (SSSR count). The molecule has 2 amide bonds. The Kier molecular flexibility index (Phi) is 8.54. The zero-order chi connectivity index (χ0) is 21.4. The van der Waals surface area contributed by atoms with Crippen molar-refractivity contribution in [3.8, 4) is 0 Å². The first-order valence-corrected chi connectivity index (χ1v) is 10.3. The van der Waals surface area contributed by atoms with Gasteiger partial charge in [0.1, 0.15) is 5.69 Å². The molecule has 1 atom stereocenters. The number of hydrogen-bond acceptors (Lipinski definition) is 6. The molecule has 0 radical (unpaired) electrons. The summed E-state index contributed by atoms with van der Waals surface area (Å²) in [6.45, 7) is 9.86. The lowest BCUT2D eigenvalue weighted by Gasteiger charge is -2.32. The zero-order valence-electron chi connectivity index (χ0n) is 17.9. The SMILES string of the molecule is CCOC(=O)[C@@H]1CCCN(C(=O)CCN(CC(C)C)C(=O)c2cnc(C)cn2)C1.